The maximum absolute atomic E-state index is 12.6. The van der Waals surface area contributed by atoms with Crippen molar-refractivity contribution in [3.8, 4) is 0 Å². The zero-order valence-electron chi connectivity index (χ0n) is 19.3. The Hall–Kier alpha value is -2.17. The van der Waals surface area contributed by atoms with Gasteiger partial charge in [-0.25, -0.2) is 8.42 Å². The van der Waals surface area contributed by atoms with Crippen LogP contribution in [0.2, 0.25) is 0 Å². The standard InChI is InChI=1S/C23H35N3O6S/c1-33(29,30)26(18-22(27)24-12-5-15-32-21-6-3-2-4-7-21)20-10-8-19(9-11-20)23(28)25-13-16-31-17-14-25/h8-11,21H,2-7,12-18H2,1H3,(H,24,27). The molecule has 3 rings (SSSR count). The molecule has 1 heterocycles. The number of ether oxygens (including phenoxy) is 2. The summed E-state index contributed by atoms with van der Waals surface area (Å²) in [7, 11) is -3.68. The molecule has 1 saturated carbocycles. The Labute approximate surface area is 196 Å². The quantitative estimate of drug-likeness (QED) is 0.511. The van der Waals surface area contributed by atoms with Gasteiger partial charge in [-0.3, -0.25) is 13.9 Å². The Kier molecular flexibility index (Phi) is 9.52. The van der Waals surface area contributed by atoms with E-state index in [-0.39, 0.29) is 18.4 Å². The molecule has 0 atom stereocenters. The summed E-state index contributed by atoms with van der Waals surface area (Å²) < 4.78 is 36.8. The van der Waals surface area contributed by atoms with Gasteiger partial charge < -0.3 is 19.7 Å². The number of carbonyl (C=O) groups excluding carboxylic acids is 2. The Bertz CT molecular complexity index is 878. The minimum atomic E-state index is -3.68. The van der Waals surface area contributed by atoms with Gasteiger partial charge in [-0.15, -0.1) is 0 Å². The third-order valence-electron chi connectivity index (χ3n) is 5.94. The third-order valence-corrected chi connectivity index (χ3v) is 7.08. The Morgan fingerprint density at radius 3 is 2.42 bits per heavy atom. The Morgan fingerprint density at radius 1 is 1.12 bits per heavy atom. The van der Waals surface area contributed by atoms with Crippen LogP contribution in [0.1, 0.15) is 48.9 Å². The minimum Gasteiger partial charge on any atom is -0.378 e. The number of benzene rings is 1. The van der Waals surface area contributed by atoms with Crippen molar-refractivity contribution in [3.63, 3.8) is 0 Å². The van der Waals surface area contributed by atoms with Crippen molar-refractivity contribution in [2.24, 2.45) is 0 Å². The van der Waals surface area contributed by atoms with Crippen LogP contribution in [0.25, 0.3) is 0 Å². The van der Waals surface area contributed by atoms with Gasteiger partial charge in [0.15, 0.2) is 0 Å². The van der Waals surface area contributed by atoms with E-state index in [4.69, 9.17) is 9.47 Å². The number of rotatable bonds is 10. The number of sulfonamides is 1. The molecule has 0 aromatic heterocycles. The van der Waals surface area contributed by atoms with E-state index in [0.29, 0.717) is 63.2 Å². The number of morpholine rings is 1. The first-order valence-corrected chi connectivity index (χ1v) is 13.5. The van der Waals surface area contributed by atoms with E-state index in [1.165, 1.54) is 19.3 Å². The summed E-state index contributed by atoms with van der Waals surface area (Å²) in [6.45, 7) is 2.76. The lowest BCUT2D eigenvalue weighted by molar-refractivity contribution is -0.119. The summed E-state index contributed by atoms with van der Waals surface area (Å²) in [4.78, 5) is 26.7. The predicted octanol–water partition coefficient (Wildman–Crippen LogP) is 1.78. The first-order valence-electron chi connectivity index (χ1n) is 11.7. The van der Waals surface area contributed by atoms with Crippen LogP contribution in [0.15, 0.2) is 24.3 Å². The highest BCUT2D eigenvalue weighted by Crippen LogP contribution is 2.21. The molecule has 9 nitrogen and oxygen atoms in total. The molecule has 0 bridgehead atoms. The maximum atomic E-state index is 12.6. The summed E-state index contributed by atoms with van der Waals surface area (Å²) in [5.41, 5.74) is 0.809. The van der Waals surface area contributed by atoms with E-state index in [0.717, 1.165) is 23.4 Å². The number of nitrogens with zero attached hydrogens (tertiary/aromatic N) is 2. The van der Waals surface area contributed by atoms with Crippen molar-refractivity contribution in [3.05, 3.63) is 29.8 Å². The average molecular weight is 482 g/mol. The molecule has 33 heavy (non-hydrogen) atoms. The third kappa shape index (κ3) is 7.97. The van der Waals surface area contributed by atoms with Crippen LogP contribution in [0.3, 0.4) is 0 Å². The topological polar surface area (TPSA) is 105 Å². The minimum absolute atomic E-state index is 0.121. The van der Waals surface area contributed by atoms with Crippen LogP contribution >= 0.6 is 0 Å². The molecular formula is C23H35N3O6S. The number of hydrogen-bond acceptors (Lipinski definition) is 6. The van der Waals surface area contributed by atoms with Crippen molar-refractivity contribution in [2.45, 2.75) is 44.6 Å². The van der Waals surface area contributed by atoms with Gasteiger partial charge in [-0.1, -0.05) is 19.3 Å². The van der Waals surface area contributed by atoms with Gasteiger partial charge in [-0.2, -0.15) is 0 Å². The van der Waals surface area contributed by atoms with E-state index in [9.17, 15) is 18.0 Å². The molecule has 1 aromatic rings. The highest BCUT2D eigenvalue weighted by molar-refractivity contribution is 7.92. The fourth-order valence-corrected chi connectivity index (χ4v) is 4.94. The molecule has 1 saturated heterocycles. The lowest BCUT2D eigenvalue weighted by Gasteiger charge is -2.27. The zero-order valence-corrected chi connectivity index (χ0v) is 20.1. The lowest BCUT2D eigenvalue weighted by atomic mass is 9.98. The summed E-state index contributed by atoms with van der Waals surface area (Å²) in [5, 5.41) is 2.77. The van der Waals surface area contributed by atoms with Crippen LogP contribution in [-0.4, -0.2) is 83.5 Å². The Balaban J connectivity index is 1.49. The number of nitrogens with one attached hydrogen (secondary N) is 1. The smallest absolute Gasteiger partial charge is 0.254 e. The second-order valence-corrected chi connectivity index (χ2v) is 10.5. The summed E-state index contributed by atoms with van der Waals surface area (Å²) in [6, 6.07) is 6.29. The summed E-state index contributed by atoms with van der Waals surface area (Å²) >= 11 is 0. The van der Waals surface area contributed by atoms with Crippen molar-refractivity contribution in [2.75, 3.05) is 56.6 Å². The monoisotopic (exact) mass is 481 g/mol. The molecule has 2 fully saturated rings. The average Bonchev–Trinajstić information content (AvgIpc) is 2.82. The molecule has 2 aliphatic rings. The lowest BCUT2D eigenvalue weighted by Crippen LogP contribution is -2.41. The SMILES string of the molecule is CS(=O)(=O)N(CC(=O)NCCCOC1CCCCC1)c1ccc(C(=O)N2CCOCC2)cc1. The molecule has 2 amide bonds. The molecule has 10 heteroatoms. The molecule has 0 radical (unpaired) electrons. The van der Waals surface area contributed by atoms with Gasteiger partial charge in [0.05, 0.1) is 31.3 Å². The van der Waals surface area contributed by atoms with E-state index in [1.54, 1.807) is 29.2 Å². The number of hydrogen-bond donors (Lipinski definition) is 1. The highest BCUT2D eigenvalue weighted by Gasteiger charge is 2.23. The number of anilines is 1. The molecule has 0 unspecified atom stereocenters. The highest BCUT2D eigenvalue weighted by atomic mass is 32.2. The van der Waals surface area contributed by atoms with Gasteiger partial charge >= 0.3 is 0 Å². The van der Waals surface area contributed by atoms with Gasteiger partial charge in [0.1, 0.15) is 6.54 Å². The van der Waals surface area contributed by atoms with Crippen LogP contribution in [0.4, 0.5) is 5.69 Å². The molecule has 1 aliphatic carbocycles. The maximum Gasteiger partial charge on any atom is 0.254 e. The number of carbonyl (C=O) groups is 2. The van der Waals surface area contributed by atoms with Crippen molar-refractivity contribution in [1.82, 2.24) is 10.2 Å². The number of amides is 2. The second-order valence-electron chi connectivity index (χ2n) is 8.56. The van der Waals surface area contributed by atoms with Crippen molar-refractivity contribution < 1.29 is 27.5 Å². The van der Waals surface area contributed by atoms with Crippen molar-refractivity contribution >= 4 is 27.5 Å². The normalized spacial score (nSPS) is 17.5. The summed E-state index contributed by atoms with van der Waals surface area (Å²) in [6.07, 6.45) is 7.98. The van der Waals surface area contributed by atoms with Gasteiger partial charge in [0, 0.05) is 31.8 Å². The Morgan fingerprint density at radius 2 is 1.79 bits per heavy atom. The van der Waals surface area contributed by atoms with E-state index in [2.05, 4.69) is 5.32 Å². The molecule has 1 aromatic carbocycles. The van der Waals surface area contributed by atoms with Gasteiger partial charge in [0.25, 0.3) is 5.91 Å². The second kappa shape index (κ2) is 12.3. The van der Waals surface area contributed by atoms with E-state index in [1.807, 2.05) is 0 Å². The van der Waals surface area contributed by atoms with Gasteiger partial charge in [-0.05, 0) is 43.5 Å². The van der Waals surface area contributed by atoms with Crippen LogP contribution in [-0.2, 0) is 24.3 Å². The fourth-order valence-electron chi connectivity index (χ4n) is 4.09. The summed E-state index contributed by atoms with van der Waals surface area (Å²) in [5.74, 6) is -0.504. The predicted molar refractivity (Wildman–Crippen MR) is 126 cm³/mol. The molecule has 1 aliphatic heterocycles. The largest absolute Gasteiger partial charge is 0.378 e. The molecule has 184 valence electrons. The van der Waals surface area contributed by atoms with Crippen LogP contribution in [0.5, 0.6) is 0 Å². The van der Waals surface area contributed by atoms with E-state index >= 15 is 0 Å². The molecular weight excluding hydrogens is 446 g/mol. The first kappa shape index (κ1) is 25.5. The fraction of sp³-hybridized carbons (Fsp3) is 0.652. The zero-order chi connectivity index (χ0) is 23.7. The van der Waals surface area contributed by atoms with Crippen molar-refractivity contribution in [1.29, 1.82) is 0 Å². The van der Waals surface area contributed by atoms with E-state index < -0.39 is 10.0 Å². The van der Waals surface area contributed by atoms with Gasteiger partial charge in [0.2, 0.25) is 15.9 Å². The first-order chi connectivity index (χ1) is 15.8. The van der Waals surface area contributed by atoms with Crippen LogP contribution in [0, 0.1) is 0 Å². The molecule has 1 N–H and O–H groups in total. The molecule has 0 spiro atoms. The van der Waals surface area contributed by atoms with Crippen LogP contribution < -0.4 is 9.62 Å².